The monoisotopic (exact) mass is 164 g/mol. The molecule has 0 radical (unpaired) electrons. The summed E-state index contributed by atoms with van der Waals surface area (Å²) in [5, 5.41) is 9.19. The Bertz CT molecular complexity index is 250. The van der Waals surface area contributed by atoms with Crippen LogP contribution in [0.3, 0.4) is 0 Å². The number of nitrogens with one attached hydrogen (secondary N) is 2. The number of aliphatic hydroxyl groups is 1. The fourth-order valence-electron chi connectivity index (χ4n) is 1.44. The van der Waals surface area contributed by atoms with E-state index in [1.807, 2.05) is 18.2 Å². The third-order valence-electron chi connectivity index (χ3n) is 2.09. The van der Waals surface area contributed by atoms with Crippen molar-refractivity contribution in [2.24, 2.45) is 0 Å². The largest absolute Gasteiger partial charge is 0.377 e. The van der Waals surface area contributed by atoms with Gasteiger partial charge in [0, 0.05) is 6.42 Å². The van der Waals surface area contributed by atoms with E-state index < -0.39 is 6.23 Å². The first-order valence-corrected chi connectivity index (χ1v) is 4.10. The molecule has 1 aliphatic rings. The Hall–Kier alpha value is -0.900. The molecule has 12 heavy (non-hydrogen) atoms. The molecule has 0 saturated carbocycles. The zero-order valence-corrected chi connectivity index (χ0v) is 6.70. The maximum atomic E-state index is 9.19. The van der Waals surface area contributed by atoms with Crippen molar-refractivity contribution >= 4 is 0 Å². The van der Waals surface area contributed by atoms with Crippen molar-refractivity contribution in [2.75, 3.05) is 0 Å². The van der Waals surface area contributed by atoms with Crippen molar-refractivity contribution in [1.82, 2.24) is 10.9 Å². The number of hydrogen-bond acceptors (Lipinski definition) is 3. The normalized spacial score (nSPS) is 29.1. The zero-order chi connectivity index (χ0) is 8.39. The predicted octanol–water partition coefficient (Wildman–Crippen LogP) is 0.544. The van der Waals surface area contributed by atoms with Gasteiger partial charge in [-0.2, -0.15) is 0 Å². The molecule has 2 atom stereocenters. The highest BCUT2D eigenvalue weighted by atomic mass is 16.3. The average Bonchev–Trinajstić information content (AvgIpc) is 2.54. The quantitative estimate of drug-likeness (QED) is 0.567. The lowest BCUT2D eigenvalue weighted by Gasteiger charge is -2.07. The minimum Gasteiger partial charge on any atom is -0.377 e. The minimum atomic E-state index is -0.421. The highest BCUT2D eigenvalue weighted by molar-refractivity contribution is 5.19. The van der Waals surface area contributed by atoms with E-state index in [-0.39, 0.29) is 6.04 Å². The molecule has 3 N–H and O–H groups in total. The summed E-state index contributed by atoms with van der Waals surface area (Å²) in [4.78, 5) is 0. The first-order chi connectivity index (χ1) is 5.86. The molecule has 1 fully saturated rings. The van der Waals surface area contributed by atoms with Crippen molar-refractivity contribution in [2.45, 2.75) is 18.7 Å². The van der Waals surface area contributed by atoms with Crippen LogP contribution in [-0.2, 0) is 0 Å². The van der Waals surface area contributed by atoms with Crippen molar-refractivity contribution < 1.29 is 5.11 Å². The van der Waals surface area contributed by atoms with Gasteiger partial charge in [0.2, 0.25) is 0 Å². The Balaban J connectivity index is 2.11. The maximum Gasteiger partial charge on any atom is 0.119 e. The second-order valence-electron chi connectivity index (χ2n) is 3.00. The third-order valence-corrected chi connectivity index (χ3v) is 2.09. The number of rotatable bonds is 1. The lowest BCUT2D eigenvalue weighted by molar-refractivity contribution is 0.153. The first-order valence-electron chi connectivity index (χ1n) is 4.10. The number of benzene rings is 1. The Morgan fingerprint density at radius 2 is 1.92 bits per heavy atom. The van der Waals surface area contributed by atoms with Crippen LogP contribution in [0.5, 0.6) is 0 Å². The van der Waals surface area contributed by atoms with Crippen LogP contribution in [0.15, 0.2) is 30.3 Å². The number of hydrazine groups is 1. The van der Waals surface area contributed by atoms with Crippen LogP contribution in [0.2, 0.25) is 0 Å². The highest BCUT2D eigenvalue weighted by Gasteiger charge is 2.22. The summed E-state index contributed by atoms with van der Waals surface area (Å²) in [6, 6.07) is 10.3. The molecule has 3 nitrogen and oxygen atoms in total. The molecule has 1 aliphatic heterocycles. The summed E-state index contributed by atoms with van der Waals surface area (Å²) in [5.41, 5.74) is 7.01. The van der Waals surface area contributed by atoms with Crippen LogP contribution in [-0.4, -0.2) is 11.3 Å². The summed E-state index contributed by atoms with van der Waals surface area (Å²) in [7, 11) is 0. The summed E-state index contributed by atoms with van der Waals surface area (Å²) >= 11 is 0. The van der Waals surface area contributed by atoms with Gasteiger partial charge >= 0.3 is 0 Å². The molecule has 3 heteroatoms. The van der Waals surface area contributed by atoms with E-state index in [0.29, 0.717) is 0 Å². The van der Waals surface area contributed by atoms with Crippen LogP contribution < -0.4 is 10.9 Å². The second-order valence-corrected chi connectivity index (χ2v) is 3.00. The molecule has 0 aromatic heterocycles. The van der Waals surface area contributed by atoms with Gasteiger partial charge in [-0.1, -0.05) is 30.3 Å². The van der Waals surface area contributed by atoms with E-state index in [1.165, 1.54) is 5.56 Å². The molecule has 0 amide bonds. The van der Waals surface area contributed by atoms with Crippen molar-refractivity contribution in [1.29, 1.82) is 0 Å². The first kappa shape index (κ1) is 7.73. The Labute approximate surface area is 71.4 Å². The van der Waals surface area contributed by atoms with Gasteiger partial charge in [-0.05, 0) is 5.56 Å². The second kappa shape index (κ2) is 3.23. The van der Waals surface area contributed by atoms with Crippen LogP contribution in [0.4, 0.5) is 0 Å². The molecule has 1 aromatic carbocycles. The standard InChI is InChI=1S/C9H12N2O/c12-9-6-8(10-11-9)7-4-2-1-3-5-7/h1-5,8-12H,6H2. The predicted molar refractivity (Wildman–Crippen MR) is 46.1 cm³/mol. The zero-order valence-electron chi connectivity index (χ0n) is 6.70. The van der Waals surface area contributed by atoms with E-state index in [9.17, 15) is 5.11 Å². The molecule has 0 spiro atoms. The Morgan fingerprint density at radius 3 is 2.50 bits per heavy atom. The molecule has 1 saturated heterocycles. The van der Waals surface area contributed by atoms with Gasteiger partial charge < -0.3 is 5.11 Å². The molecule has 2 rings (SSSR count). The maximum absolute atomic E-state index is 9.19. The van der Waals surface area contributed by atoms with Crippen LogP contribution >= 0.6 is 0 Å². The van der Waals surface area contributed by atoms with Gasteiger partial charge in [-0.25, -0.2) is 10.9 Å². The fourth-order valence-corrected chi connectivity index (χ4v) is 1.44. The molecular weight excluding hydrogens is 152 g/mol. The smallest absolute Gasteiger partial charge is 0.119 e. The van der Waals surface area contributed by atoms with Gasteiger partial charge in [0.25, 0.3) is 0 Å². The van der Waals surface area contributed by atoms with Crippen molar-refractivity contribution in [3.8, 4) is 0 Å². The van der Waals surface area contributed by atoms with Gasteiger partial charge in [-0.15, -0.1) is 0 Å². The molecule has 0 bridgehead atoms. The molecule has 64 valence electrons. The number of hydrogen-bond donors (Lipinski definition) is 3. The van der Waals surface area contributed by atoms with Gasteiger partial charge in [0.15, 0.2) is 0 Å². The summed E-state index contributed by atoms with van der Waals surface area (Å²) in [5.74, 6) is 0. The van der Waals surface area contributed by atoms with Gasteiger partial charge in [-0.3, -0.25) is 0 Å². The molecule has 0 aliphatic carbocycles. The lowest BCUT2D eigenvalue weighted by atomic mass is 10.1. The molecule has 1 heterocycles. The lowest BCUT2D eigenvalue weighted by Crippen LogP contribution is -2.30. The van der Waals surface area contributed by atoms with E-state index in [1.54, 1.807) is 0 Å². The summed E-state index contributed by atoms with van der Waals surface area (Å²) < 4.78 is 0. The van der Waals surface area contributed by atoms with E-state index >= 15 is 0 Å². The van der Waals surface area contributed by atoms with E-state index in [0.717, 1.165) is 6.42 Å². The Morgan fingerprint density at radius 1 is 1.17 bits per heavy atom. The molecular formula is C9H12N2O. The highest BCUT2D eigenvalue weighted by Crippen LogP contribution is 2.20. The van der Waals surface area contributed by atoms with Crippen LogP contribution in [0.25, 0.3) is 0 Å². The summed E-state index contributed by atoms with van der Waals surface area (Å²) in [6.07, 6.45) is 0.305. The third kappa shape index (κ3) is 1.48. The van der Waals surface area contributed by atoms with Crippen molar-refractivity contribution in [3.05, 3.63) is 35.9 Å². The van der Waals surface area contributed by atoms with Gasteiger partial charge in [0.1, 0.15) is 6.23 Å². The minimum absolute atomic E-state index is 0.237. The van der Waals surface area contributed by atoms with Crippen LogP contribution in [0.1, 0.15) is 18.0 Å². The van der Waals surface area contributed by atoms with E-state index in [2.05, 4.69) is 23.0 Å². The molecule has 1 aromatic rings. The Kier molecular flexibility index (Phi) is 2.08. The van der Waals surface area contributed by atoms with Crippen molar-refractivity contribution in [3.63, 3.8) is 0 Å². The van der Waals surface area contributed by atoms with E-state index in [4.69, 9.17) is 0 Å². The molecule has 2 unspecified atom stereocenters. The fraction of sp³-hybridized carbons (Fsp3) is 0.333. The average molecular weight is 164 g/mol. The number of aliphatic hydroxyl groups excluding tert-OH is 1. The van der Waals surface area contributed by atoms with Gasteiger partial charge in [0.05, 0.1) is 6.04 Å². The van der Waals surface area contributed by atoms with Crippen LogP contribution in [0, 0.1) is 0 Å². The summed E-state index contributed by atoms with van der Waals surface area (Å²) in [6.45, 7) is 0. The topological polar surface area (TPSA) is 44.3 Å². The SMILES string of the molecule is OC1CC(c2ccccc2)NN1.